The second-order valence-electron chi connectivity index (χ2n) is 5.19. The van der Waals surface area contributed by atoms with Crippen molar-refractivity contribution < 1.29 is 0 Å². The Morgan fingerprint density at radius 1 is 1.09 bits per heavy atom. The van der Waals surface area contributed by atoms with Crippen LogP contribution in [-0.2, 0) is 0 Å². The van der Waals surface area contributed by atoms with Gasteiger partial charge >= 0.3 is 0 Å². The summed E-state index contributed by atoms with van der Waals surface area (Å²) in [6.07, 6.45) is 3.73. The van der Waals surface area contributed by atoms with Crippen molar-refractivity contribution in [2.75, 3.05) is 5.43 Å². The number of hydrogen-bond acceptors (Lipinski definition) is 3. The number of H-pyrrole nitrogens is 1. The van der Waals surface area contributed by atoms with Gasteiger partial charge in [0.25, 0.3) is 0 Å². The topological polar surface area (TPSA) is 53.1 Å². The summed E-state index contributed by atoms with van der Waals surface area (Å²) in [5.74, 6) is 0.723. The van der Waals surface area contributed by atoms with Crippen molar-refractivity contribution in [2.45, 2.75) is 0 Å². The summed E-state index contributed by atoms with van der Waals surface area (Å²) in [7, 11) is 0. The number of aromatic nitrogens is 2. The van der Waals surface area contributed by atoms with Crippen molar-refractivity contribution in [1.82, 2.24) is 9.97 Å². The van der Waals surface area contributed by atoms with E-state index in [0.717, 1.165) is 37.7 Å². The van der Waals surface area contributed by atoms with Crippen LogP contribution in [0.25, 0.3) is 21.8 Å². The summed E-state index contributed by atoms with van der Waals surface area (Å²) >= 11 is 3.50. The first-order valence-electron chi connectivity index (χ1n) is 7.21. The average Bonchev–Trinajstić information content (AvgIpc) is 2.97. The molecule has 4 nitrogen and oxygen atoms in total. The third kappa shape index (κ3) is 2.83. The van der Waals surface area contributed by atoms with E-state index in [2.05, 4.69) is 42.5 Å². The van der Waals surface area contributed by atoms with Crippen LogP contribution in [0.4, 0.5) is 5.82 Å². The van der Waals surface area contributed by atoms with Crippen LogP contribution in [0.3, 0.4) is 0 Å². The Labute approximate surface area is 141 Å². The van der Waals surface area contributed by atoms with Crippen LogP contribution in [0.5, 0.6) is 0 Å². The summed E-state index contributed by atoms with van der Waals surface area (Å²) in [6, 6.07) is 18.1. The number of aromatic amines is 1. The molecule has 4 rings (SSSR count). The van der Waals surface area contributed by atoms with E-state index in [1.165, 1.54) is 0 Å². The van der Waals surface area contributed by atoms with Crippen LogP contribution in [0.2, 0.25) is 0 Å². The highest BCUT2D eigenvalue weighted by Gasteiger charge is 2.02. The first kappa shape index (κ1) is 14.0. The van der Waals surface area contributed by atoms with Gasteiger partial charge in [-0.25, -0.2) is 4.98 Å². The lowest BCUT2D eigenvalue weighted by molar-refractivity contribution is 1.26. The van der Waals surface area contributed by atoms with Gasteiger partial charge in [0.05, 0.1) is 11.7 Å². The van der Waals surface area contributed by atoms with E-state index in [0.29, 0.717) is 0 Å². The quantitative estimate of drug-likeness (QED) is 0.400. The van der Waals surface area contributed by atoms with Crippen molar-refractivity contribution in [3.63, 3.8) is 0 Å². The number of anilines is 1. The van der Waals surface area contributed by atoms with Gasteiger partial charge in [-0.2, -0.15) is 5.10 Å². The fraction of sp³-hybridized carbons (Fsp3) is 0. The molecule has 0 atom stereocenters. The number of halogens is 1. The fourth-order valence-electron chi connectivity index (χ4n) is 2.52. The van der Waals surface area contributed by atoms with Gasteiger partial charge in [0.1, 0.15) is 5.82 Å². The Kier molecular flexibility index (Phi) is 3.55. The van der Waals surface area contributed by atoms with Crippen molar-refractivity contribution in [3.8, 4) is 0 Å². The smallest absolute Gasteiger partial charge is 0.146 e. The first-order valence-corrected chi connectivity index (χ1v) is 8.00. The minimum atomic E-state index is 0.723. The molecule has 0 aliphatic carbocycles. The van der Waals surface area contributed by atoms with Crippen molar-refractivity contribution >= 4 is 49.8 Å². The number of para-hydroxylation sites is 1. The van der Waals surface area contributed by atoms with Crippen LogP contribution in [-0.4, -0.2) is 16.2 Å². The lowest BCUT2D eigenvalue weighted by atomic mass is 10.2. The van der Waals surface area contributed by atoms with Gasteiger partial charge in [-0.05, 0) is 36.4 Å². The predicted octanol–water partition coefficient (Wildman–Crippen LogP) is 4.92. The summed E-state index contributed by atoms with van der Waals surface area (Å²) in [5, 5.41) is 6.53. The van der Waals surface area contributed by atoms with Gasteiger partial charge < -0.3 is 4.98 Å². The molecule has 4 aromatic rings. The number of hydrazone groups is 1. The van der Waals surface area contributed by atoms with E-state index in [1.807, 2.05) is 54.7 Å². The Morgan fingerprint density at radius 2 is 2.00 bits per heavy atom. The van der Waals surface area contributed by atoms with Gasteiger partial charge in [0, 0.05) is 32.5 Å². The highest BCUT2D eigenvalue weighted by molar-refractivity contribution is 9.10. The molecule has 112 valence electrons. The Morgan fingerprint density at radius 3 is 2.96 bits per heavy atom. The van der Waals surface area contributed by atoms with E-state index >= 15 is 0 Å². The number of nitrogens with zero attached hydrogens (tertiary/aromatic N) is 2. The maximum absolute atomic E-state index is 4.53. The van der Waals surface area contributed by atoms with E-state index in [9.17, 15) is 0 Å². The molecule has 23 heavy (non-hydrogen) atoms. The van der Waals surface area contributed by atoms with Crippen LogP contribution in [0.15, 0.2) is 70.4 Å². The van der Waals surface area contributed by atoms with Crippen molar-refractivity contribution in [2.24, 2.45) is 5.10 Å². The molecule has 0 radical (unpaired) electrons. The monoisotopic (exact) mass is 364 g/mol. The minimum Gasteiger partial charge on any atom is -0.361 e. The highest BCUT2D eigenvalue weighted by Crippen LogP contribution is 2.21. The molecular weight excluding hydrogens is 352 g/mol. The number of pyridine rings is 1. The van der Waals surface area contributed by atoms with Gasteiger partial charge in [-0.1, -0.05) is 34.1 Å². The lowest BCUT2D eigenvalue weighted by Gasteiger charge is -2.01. The van der Waals surface area contributed by atoms with Crippen LogP contribution >= 0.6 is 15.9 Å². The zero-order chi connectivity index (χ0) is 15.6. The molecule has 0 saturated carbocycles. The predicted molar refractivity (Wildman–Crippen MR) is 99.0 cm³/mol. The molecule has 5 heteroatoms. The molecule has 0 aliphatic rings. The Bertz CT molecular complexity index is 1020. The van der Waals surface area contributed by atoms with Crippen LogP contribution < -0.4 is 5.43 Å². The van der Waals surface area contributed by atoms with Gasteiger partial charge in [-0.3, -0.25) is 5.43 Å². The second-order valence-corrected chi connectivity index (χ2v) is 6.11. The fourth-order valence-corrected chi connectivity index (χ4v) is 2.88. The summed E-state index contributed by atoms with van der Waals surface area (Å²) in [4.78, 5) is 7.76. The van der Waals surface area contributed by atoms with Gasteiger partial charge in [0.15, 0.2) is 0 Å². The molecule has 0 saturated heterocycles. The summed E-state index contributed by atoms with van der Waals surface area (Å²) in [6.45, 7) is 0. The molecule has 2 N–H and O–H groups in total. The summed E-state index contributed by atoms with van der Waals surface area (Å²) < 4.78 is 1.04. The molecule has 0 aliphatic heterocycles. The highest BCUT2D eigenvalue weighted by atomic mass is 79.9. The molecule has 0 spiro atoms. The Hall–Kier alpha value is -2.66. The molecule has 2 heterocycles. The SMILES string of the molecule is Brc1ccc2[nH]cc(C=NNc3ccc4ccccc4n3)c2c1. The van der Waals surface area contributed by atoms with E-state index in [4.69, 9.17) is 0 Å². The number of nitrogens with one attached hydrogen (secondary N) is 2. The maximum Gasteiger partial charge on any atom is 0.146 e. The molecule has 0 amide bonds. The first-order chi connectivity index (χ1) is 11.3. The molecular formula is C18H13BrN4. The number of rotatable bonds is 3. The van der Waals surface area contributed by atoms with E-state index in [-0.39, 0.29) is 0 Å². The number of fused-ring (bicyclic) bond motifs is 2. The average molecular weight is 365 g/mol. The molecule has 0 bridgehead atoms. The molecule has 0 fully saturated rings. The van der Waals surface area contributed by atoms with Crippen molar-refractivity contribution in [3.05, 3.63) is 70.8 Å². The standard InChI is InChI=1S/C18H13BrN4/c19-14-6-7-17-15(9-14)13(10-20-17)11-21-23-18-8-5-12-3-1-2-4-16(12)22-18/h1-11,20H,(H,22,23). The second kappa shape index (κ2) is 5.85. The molecule has 2 aromatic heterocycles. The number of benzene rings is 2. The van der Waals surface area contributed by atoms with E-state index < -0.39 is 0 Å². The third-order valence-corrected chi connectivity index (χ3v) is 4.15. The zero-order valence-electron chi connectivity index (χ0n) is 12.1. The van der Waals surface area contributed by atoms with Gasteiger partial charge in [0.2, 0.25) is 0 Å². The maximum atomic E-state index is 4.53. The van der Waals surface area contributed by atoms with Crippen molar-refractivity contribution in [1.29, 1.82) is 0 Å². The molecule has 0 unspecified atom stereocenters. The Balaban J connectivity index is 1.59. The summed E-state index contributed by atoms with van der Waals surface area (Å²) in [5.41, 5.74) is 6.04. The largest absolute Gasteiger partial charge is 0.361 e. The van der Waals surface area contributed by atoms with Gasteiger partial charge in [-0.15, -0.1) is 0 Å². The van der Waals surface area contributed by atoms with E-state index in [1.54, 1.807) is 6.21 Å². The van der Waals surface area contributed by atoms with Crippen LogP contribution in [0.1, 0.15) is 5.56 Å². The number of hydrogen-bond donors (Lipinski definition) is 2. The zero-order valence-corrected chi connectivity index (χ0v) is 13.7. The third-order valence-electron chi connectivity index (χ3n) is 3.66. The normalized spacial score (nSPS) is 11.5. The lowest BCUT2D eigenvalue weighted by Crippen LogP contribution is -1.93. The molecule has 2 aromatic carbocycles. The minimum absolute atomic E-state index is 0.723. The van der Waals surface area contributed by atoms with Crippen LogP contribution in [0, 0.1) is 0 Å².